The van der Waals surface area contributed by atoms with E-state index < -0.39 is 12.0 Å². The Morgan fingerprint density at radius 3 is 2.80 bits per heavy atom. The molecule has 25 heavy (non-hydrogen) atoms. The summed E-state index contributed by atoms with van der Waals surface area (Å²) in [4.78, 5) is 28.8. The van der Waals surface area contributed by atoms with Crippen molar-refractivity contribution in [2.75, 3.05) is 6.61 Å². The highest BCUT2D eigenvalue weighted by atomic mass is 79.9. The Hall–Kier alpha value is -1.64. The summed E-state index contributed by atoms with van der Waals surface area (Å²) in [5.74, 6) is -0.397. The lowest BCUT2D eigenvalue weighted by molar-refractivity contribution is -0.139. The predicted molar refractivity (Wildman–Crippen MR) is 102 cm³/mol. The van der Waals surface area contributed by atoms with Gasteiger partial charge in [-0.1, -0.05) is 6.07 Å². The minimum Gasteiger partial charge on any atom is -0.463 e. The molecule has 8 heteroatoms. The Labute approximate surface area is 162 Å². The molecule has 1 N–H and O–H groups in total. The van der Waals surface area contributed by atoms with Gasteiger partial charge in [0.05, 0.1) is 28.6 Å². The van der Waals surface area contributed by atoms with Gasteiger partial charge >= 0.3 is 12.0 Å². The lowest BCUT2D eigenvalue weighted by Crippen LogP contribution is -2.47. The number of halogens is 1. The van der Waals surface area contributed by atoms with Crippen LogP contribution in [0.15, 0.2) is 44.7 Å². The summed E-state index contributed by atoms with van der Waals surface area (Å²) in [6.45, 7) is 4.29. The summed E-state index contributed by atoms with van der Waals surface area (Å²) >= 11 is 6.50. The van der Waals surface area contributed by atoms with Crippen LogP contribution in [0, 0.1) is 0 Å². The molecule has 2 amide bonds. The second-order valence-electron chi connectivity index (χ2n) is 5.41. The van der Waals surface area contributed by atoms with Gasteiger partial charge in [0.25, 0.3) is 0 Å². The highest BCUT2D eigenvalue weighted by Gasteiger charge is 2.37. The molecule has 0 saturated heterocycles. The summed E-state index contributed by atoms with van der Waals surface area (Å²) in [6, 6.07) is 7.01. The fraction of sp³-hybridized carbons (Fsp3) is 0.294. The van der Waals surface area contributed by atoms with Crippen molar-refractivity contribution in [1.82, 2.24) is 10.2 Å². The maximum absolute atomic E-state index is 12.7. The molecule has 0 aliphatic carbocycles. The second-order valence-corrected chi connectivity index (χ2v) is 8.94. The maximum Gasteiger partial charge on any atom is 0.338 e. The van der Waals surface area contributed by atoms with Gasteiger partial charge in [-0.3, -0.25) is 4.90 Å². The van der Waals surface area contributed by atoms with E-state index >= 15 is 0 Å². The van der Waals surface area contributed by atoms with Crippen molar-refractivity contribution in [1.29, 1.82) is 0 Å². The molecule has 0 saturated carbocycles. The van der Waals surface area contributed by atoms with Crippen LogP contribution in [0.3, 0.4) is 0 Å². The Kier molecular flexibility index (Phi) is 5.61. The van der Waals surface area contributed by atoms with E-state index in [9.17, 15) is 9.59 Å². The van der Waals surface area contributed by atoms with Crippen LogP contribution in [-0.4, -0.2) is 23.5 Å². The quantitative estimate of drug-likeness (QED) is 0.686. The smallest absolute Gasteiger partial charge is 0.338 e. The van der Waals surface area contributed by atoms with Gasteiger partial charge in [-0.25, -0.2) is 9.59 Å². The molecule has 0 radical (unpaired) electrons. The van der Waals surface area contributed by atoms with Gasteiger partial charge in [0.2, 0.25) is 0 Å². The summed E-state index contributed by atoms with van der Waals surface area (Å²) in [5.41, 5.74) is 1.11. The summed E-state index contributed by atoms with van der Waals surface area (Å²) in [5, 5.41) is 4.92. The van der Waals surface area contributed by atoms with Crippen LogP contribution >= 0.6 is 38.6 Å². The summed E-state index contributed by atoms with van der Waals surface area (Å²) in [7, 11) is 0. The molecule has 1 aliphatic heterocycles. The van der Waals surface area contributed by atoms with Crippen molar-refractivity contribution in [3.05, 3.63) is 54.5 Å². The first-order valence-electron chi connectivity index (χ1n) is 7.74. The molecule has 0 spiro atoms. The number of allylic oxidation sites excluding steroid dienone is 1. The zero-order chi connectivity index (χ0) is 18.0. The molecule has 1 atom stereocenters. The van der Waals surface area contributed by atoms with Crippen molar-refractivity contribution in [2.45, 2.75) is 26.4 Å². The van der Waals surface area contributed by atoms with Gasteiger partial charge in [0.1, 0.15) is 0 Å². The van der Waals surface area contributed by atoms with Crippen molar-refractivity contribution < 1.29 is 14.3 Å². The van der Waals surface area contributed by atoms with Crippen molar-refractivity contribution >= 4 is 50.6 Å². The predicted octanol–water partition coefficient (Wildman–Crippen LogP) is 4.68. The van der Waals surface area contributed by atoms with Crippen LogP contribution in [0.1, 0.15) is 29.6 Å². The van der Waals surface area contributed by atoms with Gasteiger partial charge in [-0.05, 0) is 53.4 Å². The zero-order valence-corrected chi connectivity index (χ0v) is 17.0. The van der Waals surface area contributed by atoms with Crippen LogP contribution in [0.2, 0.25) is 0 Å². The zero-order valence-electron chi connectivity index (χ0n) is 13.7. The SMILES string of the molecule is CCOC(=O)C1=C(C)N(Cc2cccs2)C(=O)NC1c1ccc(Br)s1. The molecule has 3 heterocycles. The highest BCUT2D eigenvalue weighted by molar-refractivity contribution is 9.11. The Morgan fingerprint density at radius 2 is 2.20 bits per heavy atom. The molecule has 2 aromatic rings. The lowest BCUT2D eigenvalue weighted by atomic mass is 10.0. The van der Waals surface area contributed by atoms with E-state index in [0.29, 0.717) is 17.8 Å². The number of esters is 1. The largest absolute Gasteiger partial charge is 0.463 e. The van der Waals surface area contributed by atoms with Crippen LogP contribution < -0.4 is 5.32 Å². The van der Waals surface area contributed by atoms with E-state index in [-0.39, 0.29) is 12.6 Å². The third kappa shape index (κ3) is 3.80. The van der Waals surface area contributed by atoms with Crippen LogP contribution in [-0.2, 0) is 16.1 Å². The van der Waals surface area contributed by atoms with E-state index in [1.807, 2.05) is 29.6 Å². The topological polar surface area (TPSA) is 58.6 Å². The number of hydrogen-bond acceptors (Lipinski definition) is 5. The third-order valence-corrected chi connectivity index (χ3v) is 6.41. The number of ether oxygens (including phenoxy) is 1. The van der Waals surface area contributed by atoms with E-state index in [2.05, 4.69) is 21.2 Å². The van der Waals surface area contributed by atoms with E-state index in [1.165, 1.54) is 11.3 Å². The van der Waals surface area contributed by atoms with E-state index in [4.69, 9.17) is 4.74 Å². The first kappa shape index (κ1) is 18.2. The van der Waals surface area contributed by atoms with Crippen molar-refractivity contribution in [3.63, 3.8) is 0 Å². The first-order valence-corrected chi connectivity index (χ1v) is 10.2. The molecule has 132 valence electrons. The monoisotopic (exact) mass is 440 g/mol. The van der Waals surface area contributed by atoms with E-state index in [0.717, 1.165) is 13.5 Å². The molecule has 0 fully saturated rings. The first-order chi connectivity index (χ1) is 12.0. The van der Waals surface area contributed by atoms with E-state index in [1.54, 1.807) is 30.1 Å². The van der Waals surface area contributed by atoms with Crippen LogP contribution in [0.25, 0.3) is 0 Å². The molecule has 2 aromatic heterocycles. The number of urea groups is 1. The molecular formula is C17H17BrN2O3S2. The number of thiophene rings is 2. The number of carbonyl (C=O) groups is 2. The van der Waals surface area contributed by atoms with Crippen molar-refractivity contribution in [2.24, 2.45) is 0 Å². The Bertz CT molecular complexity index is 814. The second kappa shape index (κ2) is 7.72. The van der Waals surface area contributed by atoms with Crippen molar-refractivity contribution in [3.8, 4) is 0 Å². The number of rotatable bonds is 5. The summed E-state index contributed by atoms with van der Waals surface area (Å²) < 4.78 is 6.19. The molecule has 0 bridgehead atoms. The number of nitrogens with one attached hydrogen (secondary N) is 1. The van der Waals surface area contributed by atoms with Crippen LogP contribution in [0.4, 0.5) is 4.79 Å². The normalized spacial score (nSPS) is 17.6. The average molecular weight is 441 g/mol. The summed E-state index contributed by atoms with van der Waals surface area (Å²) in [6.07, 6.45) is 0. The standard InChI is InChI=1S/C17H17BrN2O3S2/c1-3-23-16(21)14-10(2)20(9-11-5-4-8-24-11)17(22)19-15(14)12-6-7-13(18)25-12/h4-8,15H,3,9H2,1-2H3,(H,19,22). The third-order valence-electron chi connectivity index (χ3n) is 3.86. The number of amides is 2. The minimum absolute atomic E-state index is 0.214. The van der Waals surface area contributed by atoms with Gasteiger partial charge in [0.15, 0.2) is 0 Å². The molecule has 1 unspecified atom stereocenters. The number of nitrogens with zero attached hydrogens (tertiary/aromatic N) is 1. The Morgan fingerprint density at radius 1 is 1.40 bits per heavy atom. The molecule has 1 aliphatic rings. The molecule has 5 nitrogen and oxygen atoms in total. The van der Waals surface area contributed by atoms with Gasteiger partial charge in [-0.2, -0.15) is 0 Å². The lowest BCUT2D eigenvalue weighted by Gasteiger charge is -2.34. The Balaban J connectivity index is 2.01. The van der Waals surface area contributed by atoms with Gasteiger partial charge in [-0.15, -0.1) is 22.7 Å². The number of carbonyl (C=O) groups excluding carboxylic acids is 2. The van der Waals surface area contributed by atoms with Crippen LogP contribution in [0.5, 0.6) is 0 Å². The molecular weight excluding hydrogens is 424 g/mol. The fourth-order valence-corrected chi connectivity index (χ4v) is 4.88. The fourth-order valence-electron chi connectivity index (χ4n) is 2.70. The average Bonchev–Trinajstić information content (AvgIpc) is 3.22. The number of hydrogen-bond donors (Lipinski definition) is 1. The highest BCUT2D eigenvalue weighted by Crippen LogP contribution is 2.36. The maximum atomic E-state index is 12.7. The molecule has 0 aromatic carbocycles. The van der Waals surface area contributed by atoms with Gasteiger partial charge in [0, 0.05) is 15.5 Å². The molecule has 3 rings (SSSR count). The van der Waals surface area contributed by atoms with Gasteiger partial charge < -0.3 is 10.1 Å². The minimum atomic E-state index is -0.498.